The zero-order valence-electron chi connectivity index (χ0n) is 7.95. The zero-order chi connectivity index (χ0) is 9.84. The van der Waals surface area contributed by atoms with Gasteiger partial charge in [0.1, 0.15) is 6.10 Å². The van der Waals surface area contributed by atoms with Crippen molar-refractivity contribution in [3.63, 3.8) is 0 Å². The molecule has 3 nitrogen and oxygen atoms in total. The molecule has 1 aliphatic heterocycles. The van der Waals surface area contributed by atoms with E-state index in [4.69, 9.17) is 9.47 Å². The van der Waals surface area contributed by atoms with Gasteiger partial charge in [0.2, 0.25) is 0 Å². The van der Waals surface area contributed by atoms with E-state index in [0.717, 1.165) is 0 Å². The van der Waals surface area contributed by atoms with Crippen molar-refractivity contribution in [1.82, 2.24) is 0 Å². The van der Waals surface area contributed by atoms with Crippen LogP contribution >= 0.6 is 0 Å². The second-order valence-corrected chi connectivity index (χ2v) is 3.05. The molecule has 0 bridgehead atoms. The van der Waals surface area contributed by atoms with Crippen molar-refractivity contribution in [2.75, 3.05) is 7.11 Å². The molecule has 0 radical (unpaired) electrons. The van der Waals surface area contributed by atoms with Gasteiger partial charge in [-0.15, -0.1) is 6.58 Å². The molecule has 13 heavy (non-hydrogen) atoms. The van der Waals surface area contributed by atoms with Crippen LogP contribution in [-0.2, 0) is 14.3 Å². The van der Waals surface area contributed by atoms with Crippen molar-refractivity contribution in [2.45, 2.75) is 19.4 Å². The standard InChI is InChI=1S/C10H14O3/c1-4-7(2)8-5-6-9(12-3)10(11)13-8/h4,6-8H,1,5H2,2-3H3/t7-,8-/m0/s1. The molecule has 0 saturated heterocycles. The summed E-state index contributed by atoms with van der Waals surface area (Å²) >= 11 is 0. The lowest BCUT2D eigenvalue weighted by Gasteiger charge is -2.24. The molecule has 72 valence electrons. The summed E-state index contributed by atoms with van der Waals surface area (Å²) in [6, 6.07) is 0. The average molecular weight is 182 g/mol. The van der Waals surface area contributed by atoms with Crippen molar-refractivity contribution < 1.29 is 14.3 Å². The molecule has 1 rings (SSSR count). The Morgan fingerprint density at radius 3 is 3.00 bits per heavy atom. The molecule has 3 heteroatoms. The van der Waals surface area contributed by atoms with Crippen LogP contribution in [0.5, 0.6) is 0 Å². The van der Waals surface area contributed by atoms with Crippen molar-refractivity contribution in [3.8, 4) is 0 Å². The minimum Gasteiger partial charge on any atom is -0.490 e. The number of hydrogen-bond acceptors (Lipinski definition) is 3. The Balaban J connectivity index is 2.65. The molecule has 0 unspecified atom stereocenters. The fourth-order valence-electron chi connectivity index (χ4n) is 1.19. The second kappa shape index (κ2) is 4.12. The average Bonchev–Trinajstić information content (AvgIpc) is 2.16. The largest absolute Gasteiger partial charge is 0.490 e. The Hall–Kier alpha value is -1.25. The van der Waals surface area contributed by atoms with E-state index in [1.54, 1.807) is 12.2 Å². The van der Waals surface area contributed by atoms with E-state index in [2.05, 4.69) is 6.58 Å². The lowest BCUT2D eigenvalue weighted by molar-refractivity contribution is -0.151. The van der Waals surface area contributed by atoms with Gasteiger partial charge in [-0.05, 0) is 6.08 Å². The van der Waals surface area contributed by atoms with Crippen LogP contribution in [-0.4, -0.2) is 19.2 Å². The first-order chi connectivity index (χ1) is 6.19. The fraction of sp³-hybridized carbons (Fsp3) is 0.500. The third-order valence-electron chi connectivity index (χ3n) is 2.17. The van der Waals surface area contributed by atoms with Gasteiger partial charge in [-0.25, -0.2) is 4.79 Å². The molecule has 2 atom stereocenters. The number of methoxy groups -OCH3 is 1. The van der Waals surface area contributed by atoms with E-state index in [0.29, 0.717) is 12.2 Å². The Labute approximate surface area is 78.0 Å². The number of rotatable bonds is 3. The maximum absolute atomic E-state index is 11.2. The molecule has 0 N–H and O–H groups in total. The van der Waals surface area contributed by atoms with Gasteiger partial charge >= 0.3 is 5.97 Å². The molecule has 1 aliphatic rings. The molecule has 0 aromatic rings. The highest BCUT2D eigenvalue weighted by Crippen LogP contribution is 2.20. The van der Waals surface area contributed by atoms with Crippen LogP contribution in [0.4, 0.5) is 0 Å². The van der Waals surface area contributed by atoms with Gasteiger partial charge in [0.15, 0.2) is 5.76 Å². The lowest BCUT2D eigenvalue weighted by Crippen LogP contribution is -2.28. The molecule has 0 spiro atoms. The monoisotopic (exact) mass is 182 g/mol. The Kier molecular flexibility index (Phi) is 3.12. The Bertz CT molecular complexity index is 243. The number of ether oxygens (including phenoxy) is 2. The predicted molar refractivity (Wildman–Crippen MR) is 49.0 cm³/mol. The van der Waals surface area contributed by atoms with Gasteiger partial charge in [-0.3, -0.25) is 0 Å². The summed E-state index contributed by atoms with van der Waals surface area (Å²) in [7, 11) is 1.46. The number of esters is 1. The summed E-state index contributed by atoms with van der Waals surface area (Å²) < 4.78 is 9.96. The Morgan fingerprint density at radius 1 is 1.85 bits per heavy atom. The van der Waals surface area contributed by atoms with Crippen molar-refractivity contribution in [1.29, 1.82) is 0 Å². The van der Waals surface area contributed by atoms with Crippen LogP contribution in [0.2, 0.25) is 0 Å². The molecule has 0 saturated carbocycles. The first-order valence-corrected chi connectivity index (χ1v) is 4.26. The summed E-state index contributed by atoms with van der Waals surface area (Å²) in [6.45, 7) is 5.63. The zero-order valence-corrected chi connectivity index (χ0v) is 7.95. The Morgan fingerprint density at radius 2 is 2.54 bits per heavy atom. The van der Waals surface area contributed by atoms with Gasteiger partial charge in [-0.2, -0.15) is 0 Å². The maximum atomic E-state index is 11.2. The van der Waals surface area contributed by atoms with Crippen molar-refractivity contribution in [2.24, 2.45) is 5.92 Å². The van der Waals surface area contributed by atoms with Crippen LogP contribution in [0.15, 0.2) is 24.5 Å². The summed E-state index contributed by atoms with van der Waals surface area (Å²) in [5, 5.41) is 0. The summed E-state index contributed by atoms with van der Waals surface area (Å²) in [4.78, 5) is 11.2. The first kappa shape index (κ1) is 9.84. The minimum atomic E-state index is -0.382. The number of hydrogen-bond donors (Lipinski definition) is 0. The highest BCUT2D eigenvalue weighted by molar-refractivity contribution is 5.87. The molecule has 0 aromatic carbocycles. The summed E-state index contributed by atoms with van der Waals surface area (Å²) in [5.74, 6) is 0.0959. The molecule has 0 aliphatic carbocycles. The molecular weight excluding hydrogens is 168 g/mol. The van der Waals surface area contributed by atoms with E-state index in [-0.39, 0.29) is 18.0 Å². The maximum Gasteiger partial charge on any atom is 0.373 e. The minimum absolute atomic E-state index is 0.0936. The number of carbonyl (C=O) groups is 1. The van der Waals surface area contributed by atoms with Gasteiger partial charge in [0.05, 0.1) is 7.11 Å². The fourth-order valence-corrected chi connectivity index (χ4v) is 1.19. The molecular formula is C10H14O3. The summed E-state index contributed by atoms with van der Waals surface area (Å²) in [6.07, 6.45) is 4.14. The first-order valence-electron chi connectivity index (χ1n) is 4.26. The number of cyclic esters (lactones) is 1. The van der Waals surface area contributed by atoms with E-state index in [9.17, 15) is 4.79 Å². The highest BCUT2D eigenvalue weighted by Gasteiger charge is 2.26. The molecule has 0 amide bonds. The van der Waals surface area contributed by atoms with Crippen LogP contribution in [0.1, 0.15) is 13.3 Å². The highest BCUT2D eigenvalue weighted by atomic mass is 16.6. The third-order valence-corrected chi connectivity index (χ3v) is 2.17. The van der Waals surface area contributed by atoms with E-state index in [1.807, 2.05) is 6.92 Å². The smallest absolute Gasteiger partial charge is 0.373 e. The van der Waals surface area contributed by atoms with Crippen LogP contribution in [0.25, 0.3) is 0 Å². The summed E-state index contributed by atoms with van der Waals surface area (Å²) in [5.41, 5.74) is 0. The van der Waals surface area contributed by atoms with E-state index < -0.39 is 0 Å². The predicted octanol–water partition coefficient (Wildman–Crippen LogP) is 1.65. The van der Waals surface area contributed by atoms with Crippen LogP contribution in [0, 0.1) is 5.92 Å². The lowest BCUT2D eigenvalue weighted by atomic mass is 10.0. The van der Waals surface area contributed by atoms with Crippen LogP contribution in [0.3, 0.4) is 0 Å². The topological polar surface area (TPSA) is 35.5 Å². The van der Waals surface area contributed by atoms with Crippen molar-refractivity contribution in [3.05, 3.63) is 24.5 Å². The van der Waals surface area contributed by atoms with Gasteiger partial charge in [-0.1, -0.05) is 13.0 Å². The molecule has 0 aromatic heterocycles. The molecule has 1 heterocycles. The normalized spacial score (nSPS) is 24.3. The van der Waals surface area contributed by atoms with Crippen molar-refractivity contribution >= 4 is 5.97 Å². The second-order valence-electron chi connectivity index (χ2n) is 3.05. The SMILES string of the molecule is C=C[C@H](C)[C@@H]1CC=C(OC)C(=O)O1. The molecule has 0 fully saturated rings. The van der Waals surface area contributed by atoms with Gasteiger partial charge in [0.25, 0.3) is 0 Å². The van der Waals surface area contributed by atoms with Gasteiger partial charge < -0.3 is 9.47 Å². The van der Waals surface area contributed by atoms with E-state index >= 15 is 0 Å². The van der Waals surface area contributed by atoms with Crippen LogP contribution < -0.4 is 0 Å². The van der Waals surface area contributed by atoms with E-state index in [1.165, 1.54) is 7.11 Å². The quantitative estimate of drug-likeness (QED) is 0.492. The number of carbonyl (C=O) groups excluding carboxylic acids is 1. The third kappa shape index (κ3) is 2.11. The van der Waals surface area contributed by atoms with Gasteiger partial charge in [0, 0.05) is 12.3 Å².